The van der Waals surface area contributed by atoms with E-state index in [4.69, 9.17) is 18.9 Å². The second-order valence-electron chi connectivity index (χ2n) is 5.83. The molecule has 10 nitrogen and oxygen atoms in total. The Morgan fingerprint density at radius 1 is 0.633 bits per heavy atom. The van der Waals surface area contributed by atoms with Gasteiger partial charge in [0.2, 0.25) is 20.0 Å². The smallest absolute Gasteiger partial charge is 0.244 e. The molecule has 2 N–H and O–H groups in total. The van der Waals surface area contributed by atoms with Crippen molar-refractivity contribution in [1.82, 2.24) is 9.44 Å². The second-order valence-corrected chi connectivity index (χ2v) is 9.30. The molecule has 0 spiro atoms. The summed E-state index contributed by atoms with van der Waals surface area (Å²) in [5, 5.41) is 0. The summed E-state index contributed by atoms with van der Waals surface area (Å²) in [5.41, 5.74) is 0. The van der Waals surface area contributed by atoms with E-state index in [2.05, 4.69) is 9.44 Å². The van der Waals surface area contributed by atoms with Crippen LogP contribution in [0.3, 0.4) is 0 Å². The molecule has 0 aliphatic rings. The van der Waals surface area contributed by atoms with Gasteiger partial charge in [0.05, 0.1) is 28.4 Å². The number of benzene rings is 2. The summed E-state index contributed by atoms with van der Waals surface area (Å²) < 4.78 is 75.3. The van der Waals surface area contributed by atoms with Gasteiger partial charge in [0.15, 0.2) is 0 Å². The lowest BCUT2D eigenvalue weighted by atomic mass is 10.3. The van der Waals surface area contributed by atoms with Crippen LogP contribution in [0.25, 0.3) is 0 Å². The Morgan fingerprint density at radius 3 is 1.30 bits per heavy atom. The fourth-order valence-electron chi connectivity index (χ4n) is 2.51. The van der Waals surface area contributed by atoms with Gasteiger partial charge in [0, 0.05) is 25.2 Å². The Labute approximate surface area is 176 Å². The molecule has 0 aliphatic heterocycles. The van der Waals surface area contributed by atoms with Crippen LogP contribution in [0.15, 0.2) is 46.2 Å². The van der Waals surface area contributed by atoms with Crippen molar-refractivity contribution in [2.75, 3.05) is 41.5 Å². The largest absolute Gasteiger partial charge is 0.497 e. The number of sulfonamides is 2. The molecule has 0 atom stereocenters. The zero-order valence-corrected chi connectivity index (χ0v) is 18.6. The van der Waals surface area contributed by atoms with Gasteiger partial charge in [0.25, 0.3) is 0 Å². The van der Waals surface area contributed by atoms with Gasteiger partial charge in [-0.3, -0.25) is 0 Å². The average Bonchev–Trinajstić information content (AvgIpc) is 2.75. The van der Waals surface area contributed by atoms with E-state index in [0.717, 1.165) is 0 Å². The minimum atomic E-state index is -3.98. The van der Waals surface area contributed by atoms with Crippen molar-refractivity contribution in [1.29, 1.82) is 0 Å². The van der Waals surface area contributed by atoms with Gasteiger partial charge in [-0.1, -0.05) is 0 Å². The zero-order chi connectivity index (χ0) is 22.4. The van der Waals surface area contributed by atoms with Gasteiger partial charge < -0.3 is 18.9 Å². The average molecular weight is 461 g/mol. The van der Waals surface area contributed by atoms with Gasteiger partial charge in [-0.25, -0.2) is 26.3 Å². The van der Waals surface area contributed by atoms with E-state index in [-0.39, 0.29) is 34.4 Å². The Kier molecular flexibility index (Phi) is 7.89. The Balaban J connectivity index is 2.11. The molecule has 2 aromatic rings. The molecule has 0 saturated heterocycles. The molecule has 0 aromatic heterocycles. The molecule has 2 aromatic carbocycles. The third-order valence-electron chi connectivity index (χ3n) is 4.03. The topological polar surface area (TPSA) is 129 Å². The van der Waals surface area contributed by atoms with Crippen LogP contribution in [0.5, 0.6) is 23.0 Å². The molecule has 0 fully saturated rings. The molecule has 0 unspecified atom stereocenters. The molecule has 2 rings (SSSR count). The number of ether oxygens (including phenoxy) is 4. The lowest BCUT2D eigenvalue weighted by Crippen LogP contribution is -2.35. The molecular formula is C18H24N2O8S2. The van der Waals surface area contributed by atoms with E-state index < -0.39 is 20.0 Å². The van der Waals surface area contributed by atoms with Gasteiger partial charge in [0.1, 0.15) is 32.8 Å². The highest BCUT2D eigenvalue weighted by atomic mass is 32.2. The molecule has 0 aliphatic carbocycles. The highest BCUT2D eigenvalue weighted by Gasteiger charge is 2.22. The fraction of sp³-hybridized carbons (Fsp3) is 0.333. The summed E-state index contributed by atoms with van der Waals surface area (Å²) in [5.74, 6) is 0.930. The first kappa shape index (κ1) is 23.7. The van der Waals surface area contributed by atoms with Crippen LogP contribution < -0.4 is 28.4 Å². The van der Waals surface area contributed by atoms with Crippen LogP contribution in [0, 0.1) is 0 Å². The maximum atomic E-state index is 12.6. The summed E-state index contributed by atoms with van der Waals surface area (Å²) in [7, 11) is -2.44. The van der Waals surface area contributed by atoms with Gasteiger partial charge in [-0.2, -0.15) is 0 Å². The molecule has 12 heteroatoms. The molecule has 0 bridgehead atoms. The number of nitrogens with one attached hydrogen (secondary N) is 2. The van der Waals surface area contributed by atoms with Gasteiger partial charge in [-0.05, 0) is 24.3 Å². The van der Waals surface area contributed by atoms with Crippen LogP contribution in [0.4, 0.5) is 0 Å². The van der Waals surface area contributed by atoms with Crippen molar-refractivity contribution < 1.29 is 35.8 Å². The van der Waals surface area contributed by atoms with Crippen LogP contribution in [-0.4, -0.2) is 58.4 Å². The van der Waals surface area contributed by atoms with Crippen molar-refractivity contribution >= 4 is 20.0 Å². The molecule has 30 heavy (non-hydrogen) atoms. The van der Waals surface area contributed by atoms with Crippen LogP contribution >= 0.6 is 0 Å². The van der Waals surface area contributed by atoms with Crippen LogP contribution in [0.1, 0.15) is 0 Å². The Morgan fingerprint density at radius 2 is 1.00 bits per heavy atom. The SMILES string of the molecule is COc1ccc(OC)c(S(=O)(=O)NCCNS(=O)(=O)c2cc(OC)ccc2OC)c1. The lowest BCUT2D eigenvalue weighted by Gasteiger charge is -2.14. The lowest BCUT2D eigenvalue weighted by molar-refractivity contribution is 0.391. The first-order valence-electron chi connectivity index (χ1n) is 8.62. The third-order valence-corrected chi connectivity index (χ3v) is 6.99. The minimum absolute atomic E-state index is 0.123. The highest BCUT2D eigenvalue weighted by molar-refractivity contribution is 7.90. The number of rotatable bonds is 11. The number of methoxy groups -OCH3 is 4. The summed E-state index contributed by atoms with van der Waals surface area (Å²) in [6, 6.07) is 8.68. The quantitative estimate of drug-likeness (QED) is 0.475. The monoisotopic (exact) mass is 460 g/mol. The van der Waals surface area contributed by atoms with Crippen LogP contribution in [0.2, 0.25) is 0 Å². The maximum Gasteiger partial charge on any atom is 0.244 e. The summed E-state index contributed by atoms with van der Waals surface area (Å²) in [6.45, 7) is -0.400. The predicted octanol–water partition coefficient (Wildman–Crippen LogP) is 0.978. The normalized spacial score (nSPS) is 11.7. The van der Waals surface area contributed by atoms with Crippen molar-refractivity contribution in [2.45, 2.75) is 9.79 Å². The number of hydrogen-bond donors (Lipinski definition) is 2. The summed E-state index contributed by atoms with van der Waals surface area (Å²) >= 11 is 0. The van der Waals surface area contributed by atoms with E-state index >= 15 is 0 Å². The van der Waals surface area contributed by atoms with E-state index in [1.165, 1.54) is 52.7 Å². The summed E-state index contributed by atoms with van der Waals surface area (Å²) in [4.78, 5) is -0.247. The second kappa shape index (κ2) is 9.98. The Hall–Kier alpha value is -2.54. The maximum absolute atomic E-state index is 12.6. The predicted molar refractivity (Wildman–Crippen MR) is 109 cm³/mol. The molecule has 0 saturated carbocycles. The van der Waals surface area contributed by atoms with Crippen molar-refractivity contribution in [3.05, 3.63) is 36.4 Å². The van der Waals surface area contributed by atoms with E-state index in [1.54, 1.807) is 12.1 Å². The first-order valence-corrected chi connectivity index (χ1v) is 11.6. The Bertz CT molecular complexity index is 998. The van der Waals surface area contributed by atoms with Gasteiger partial charge >= 0.3 is 0 Å². The van der Waals surface area contributed by atoms with Crippen LogP contribution in [-0.2, 0) is 20.0 Å². The number of hydrogen-bond acceptors (Lipinski definition) is 8. The highest BCUT2D eigenvalue weighted by Crippen LogP contribution is 2.29. The fourth-order valence-corrected chi connectivity index (χ4v) is 4.94. The zero-order valence-electron chi connectivity index (χ0n) is 17.0. The first-order chi connectivity index (χ1) is 14.2. The molecular weight excluding hydrogens is 436 g/mol. The standard InChI is InChI=1S/C18H24N2O8S2/c1-25-13-5-7-15(27-3)17(11-13)29(21,22)19-9-10-20-30(23,24)18-12-14(26-2)6-8-16(18)28-4/h5-8,11-12,19-20H,9-10H2,1-4H3. The van der Waals surface area contributed by atoms with E-state index in [0.29, 0.717) is 11.5 Å². The van der Waals surface area contributed by atoms with E-state index in [9.17, 15) is 16.8 Å². The third kappa shape index (κ3) is 5.53. The molecule has 0 radical (unpaired) electrons. The molecule has 0 amide bonds. The molecule has 0 heterocycles. The molecule has 166 valence electrons. The minimum Gasteiger partial charge on any atom is -0.497 e. The van der Waals surface area contributed by atoms with Gasteiger partial charge in [-0.15, -0.1) is 0 Å². The van der Waals surface area contributed by atoms with Crippen molar-refractivity contribution in [3.63, 3.8) is 0 Å². The van der Waals surface area contributed by atoms with Crippen molar-refractivity contribution in [2.24, 2.45) is 0 Å². The van der Waals surface area contributed by atoms with E-state index in [1.807, 2.05) is 0 Å². The summed E-state index contributed by atoms with van der Waals surface area (Å²) in [6.07, 6.45) is 0. The van der Waals surface area contributed by atoms with Crippen molar-refractivity contribution in [3.8, 4) is 23.0 Å².